The van der Waals surface area contributed by atoms with E-state index in [9.17, 15) is 8.78 Å². The zero-order valence-electron chi connectivity index (χ0n) is 11.6. The molecule has 0 saturated carbocycles. The van der Waals surface area contributed by atoms with Crippen molar-refractivity contribution in [2.45, 2.75) is 20.3 Å². The van der Waals surface area contributed by atoms with Crippen molar-refractivity contribution in [3.8, 4) is 0 Å². The maximum absolute atomic E-state index is 13.2. The first kappa shape index (κ1) is 14.3. The van der Waals surface area contributed by atoms with Crippen molar-refractivity contribution >= 4 is 5.69 Å². The molecule has 19 heavy (non-hydrogen) atoms. The Kier molecular flexibility index (Phi) is 4.75. The van der Waals surface area contributed by atoms with Crippen LogP contribution in [0.4, 0.5) is 14.5 Å². The van der Waals surface area contributed by atoms with Gasteiger partial charge in [-0.05, 0) is 43.5 Å². The lowest BCUT2D eigenvalue weighted by Crippen LogP contribution is -2.28. The highest BCUT2D eigenvalue weighted by atomic mass is 19.1. The smallest absolute Gasteiger partial charge is 0.128 e. The monoisotopic (exact) mass is 268 g/mol. The van der Waals surface area contributed by atoms with E-state index in [-0.39, 0.29) is 0 Å². The summed E-state index contributed by atoms with van der Waals surface area (Å²) in [7, 11) is 0. The van der Waals surface area contributed by atoms with Crippen molar-refractivity contribution < 1.29 is 8.78 Å². The van der Waals surface area contributed by atoms with Gasteiger partial charge in [-0.1, -0.05) is 13.8 Å². The summed E-state index contributed by atoms with van der Waals surface area (Å²) in [6.07, 6.45) is 1.07. The van der Waals surface area contributed by atoms with Crippen LogP contribution in [-0.2, 0) is 0 Å². The molecule has 1 aromatic carbocycles. The van der Waals surface area contributed by atoms with Crippen molar-refractivity contribution in [2.75, 3.05) is 31.1 Å². The molecule has 1 aromatic rings. The Morgan fingerprint density at radius 3 is 2.58 bits per heavy atom. The molecule has 2 rings (SSSR count). The Balaban J connectivity index is 1.87. The maximum Gasteiger partial charge on any atom is 0.128 e. The first-order chi connectivity index (χ1) is 9.04. The molecule has 1 fully saturated rings. The molecule has 1 N–H and O–H groups in total. The van der Waals surface area contributed by atoms with Gasteiger partial charge < -0.3 is 10.2 Å². The summed E-state index contributed by atoms with van der Waals surface area (Å²) in [6.45, 7) is 8.11. The maximum atomic E-state index is 13.2. The number of anilines is 1. The van der Waals surface area contributed by atoms with Gasteiger partial charge in [-0.15, -0.1) is 0 Å². The predicted molar refractivity (Wildman–Crippen MR) is 74.4 cm³/mol. The van der Waals surface area contributed by atoms with Gasteiger partial charge in [0.25, 0.3) is 0 Å². The second-order valence-corrected chi connectivity index (χ2v) is 5.78. The van der Waals surface area contributed by atoms with Gasteiger partial charge in [0, 0.05) is 24.8 Å². The lowest BCUT2D eigenvalue weighted by atomic mass is 10.1. The van der Waals surface area contributed by atoms with E-state index in [1.165, 1.54) is 12.1 Å². The fourth-order valence-electron chi connectivity index (χ4n) is 2.53. The highest BCUT2D eigenvalue weighted by Crippen LogP contribution is 2.25. The molecule has 0 amide bonds. The minimum atomic E-state index is -0.503. The zero-order valence-corrected chi connectivity index (χ0v) is 11.6. The standard InChI is InChI=1S/C15H22F2N2/c1-11(2)8-18-9-12-3-4-19(10-12)15-6-13(16)5-14(17)7-15/h5-7,11-12,18H,3-4,8-10H2,1-2H3. The van der Waals surface area contributed by atoms with Crippen molar-refractivity contribution in [3.63, 3.8) is 0 Å². The van der Waals surface area contributed by atoms with Crippen LogP contribution in [0.1, 0.15) is 20.3 Å². The normalized spacial score (nSPS) is 19.4. The van der Waals surface area contributed by atoms with Gasteiger partial charge in [0.05, 0.1) is 0 Å². The fourth-order valence-corrected chi connectivity index (χ4v) is 2.53. The van der Waals surface area contributed by atoms with Gasteiger partial charge in [-0.2, -0.15) is 0 Å². The second-order valence-electron chi connectivity index (χ2n) is 5.78. The molecule has 1 aliphatic heterocycles. The molecule has 1 saturated heterocycles. The zero-order chi connectivity index (χ0) is 13.8. The third-order valence-electron chi connectivity index (χ3n) is 3.48. The van der Waals surface area contributed by atoms with Crippen LogP contribution in [0.15, 0.2) is 18.2 Å². The van der Waals surface area contributed by atoms with Gasteiger partial charge >= 0.3 is 0 Å². The molecule has 0 aromatic heterocycles. The average molecular weight is 268 g/mol. The SMILES string of the molecule is CC(C)CNCC1CCN(c2cc(F)cc(F)c2)C1. The van der Waals surface area contributed by atoms with E-state index in [1.54, 1.807) is 0 Å². The van der Waals surface area contributed by atoms with Crippen molar-refractivity contribution in [3.05, 3.63) is 29.8 Å². The summed E-state index contributed by atoms with van der Waals surface area (Å²) < 4.78 is 26.4. The molecule has 106 valence electrons. The summed E-state index contributed by atoms with van der Waals surface area (Å²) in [5, 5.41) is 3.45. The first-order valence-corrected chi connectivity index (χ1v) is 6.96. The van der Waals surface area contributed by atoms with Crippen LogP contribution in [0.2, 0.25) is 0 Å². The third kappa shape index (κ3) is 4.16. The first-order valence-electron chi connectivity index (χ1n) is 6.96. The largest absolute Gasteiger partial charge is 0.371 e. The van der Waals surface area contributed by atoms with Crippen LogP contribution in [0, 0.1) is 23.5 Å². The summed E-state index contributed by atoms with van der Waals surface area (Å²) in [4.78, 5) is 2.06. The van der Waals surface area contributed by atoms with E-state index in [0.717, 1.165) is 38.7 Å². The van der Waals surface area contributed by atoms with E-state index in [2.05, 4.69) is 24.1 Å². The van der Waals surface area contributed by atoms with Crippen molar-refractivity contribution in [1.82, 2.24) is 5.32 Å². The minimum absolute atomic E-state index is 0.503. The molecule has 0 radical (unpaired) electrons. The molecule has 1 heterocycles. The molecular formula is C15H22F2N2. The predicted octanol–water partition coefficient (Wildman–Crippen LogP) is 3.04. The number of hydrogen-bond donors (Lipinski definition) is 1. The van der Waals surface area contributed by atoms with Crippen LogP contribution >= 0.6 is 0 Å². The second kappa shape index (κ2) is 6.33. The molecule has 1 atom stereocenters. The van der Waals surface area contributed by atoms with Gasteiger partial charge in [-0.25, -0.2) is 8.78 Å². The number of nitrogens with one attached hydrogen (secondary N) is 1. The van der Waals surface area contributed by atoms with Crippen LogP contribution < -0.4 is 10.2 Å². The van der Waals surface area contributed by atoms with Crippen LogP contribution in [0.25, 0.3) is 0 Å². The summed E-state index contributed by atoms with van der Waals surface area (Å²) in [5.74, 6) is 0.202. The molecule has 1 aliphatic rings. The van der Waals surface area contributed by atoms with Gasteiger partial charge in [0.1, 0.15) is 11.6 Å². The van der Waals surface area contributed by atoms with Gasteiger partial charge in [0.2, 0.25) is 0 Å². The number of halogens is 2. The Hall–Kier alpha value is -1.16. The number of hydrogen-bond acceptors (Lipinski definition) is 2. The van der Waals surface area contributed by atoms with Crippen LogP contribution in [0.3, 0.4) is 0 Å². The summed E-state index contributed by atoms with van der Waals surface area (Å²) in [5.41, 5.74) is 0.656. The number of benzene rings is 1. The average Bonchev–Trinajstić information content (AvgIpc) is 2.76. The number of nitrogens with zero attached hydrogens (tertiary/aromatic N) is 1. The lowest BCUT2D eigenvalue weighted by molar-refractivity contribution is 0.477. The van der Waals surface area contributed by atoms with Crippen LogP contribution in [-0.4, -0.2) is 26.2 Å². The quantitative estimate of drug-likeness (QED) is 0.883. The Morgan fingerprint density at radius 2 is 1.95 bits per heavy atom. The lowest BCUT2D eigenvalue weighted by Gasteiger charge is -2.19. The summed E-state index contributed by atoms with van der Waals surface area (Å²) >= 11 is 0. The van der Waals surface area contributed by atoms with E-state index < -0.39 is 11.6 Å². The van der Waals surface area contributed by atoms with Gasteiger partial charge in [-0.3, -0.25) is 0 Å². The number of rotatable bonds is 5. The van der Waals surface area contributed by atoms with Crippen LogP contribution in [0.5, 0.6) is 0 Å². The highest BCUT2D eigenvalue weighted by Gasteiger charge is 2.23. The van der Waals surface area contributed by atoms with Gasteiger partial charge in [0.15, 0.2) is 0 Å². The van der Waals surface area contributed by atoms with E-state index in [1.807, 2.05) is 0 Å². The molecular weight excluding hydrogens is 246 g/mol. The molecule has 0 aliphatic carbocycles. The molecule has 2 nitrogen and oxygen atoms in total. The highest BCUT2D eigenvalue weighted by molar-refractivity contribution is 5.47. The third-order valence-corrected chi connectivity index (χ3v) is 3.48. The molecule has 1 unspecified atom stereocenters. The molecule has 0 spiro atoms. The Morgan fingerprint density at radius 1 is 1.26 bits per heavy atom. The Labute approximate surface area is 113 Å². The van der Waals surface area contributed by atoms with Crippen molar-refractivity contribution in [2.24, 2.45) is 11.8 Å². The van der Waals surface area contributed by atoms with E-state index >= 15 is 0 Å². The molecule has 4 heteroatoms. The fraction of sp³-hybridized carbons (Fsp3) is 0.600. The van der Waals surface area contributed by atoms with E-state index in [4.69, 9.17) is 0 Å². The van der Waals surface area contributed by atoms with Crippen molar-refractivity contribution in [1.29, 1.82) is 0 Å². The minimum Gasteiger partial charge on any atom is -0.371 e. The van der Waals surface area contributed by atoms with E-state index in [0.29, 0.717) is 17.5 Å². The Bertz CT molecular complexity index is 400. The topological polar surface area (TPSA) is 15.3 Å². The molecule has 0 bridgehead atoms. The summed E-state index contributed by atoms with van der Waals surface area (Å²) in [6, 6.07) is 3.74.